The van der Waals surface area contributed by atoms with Crippen molar-refractivity contribution in [3.05, 3.63) is 53.1 Å². The van der Waals surface area contributed by atoms with Crippen molar-refractivity contribution in [2.45, 2.75) is 34.2 Å². The number of para-hydroxylation sites is 1. The van der Waals surface area contributed by atoms with Crippen LogP contribution in [0.3, 0.4) is 0 Å². The van der Waals surface area contributed by atoms with Crippen molar-refractivity contribution in [3.8, 4) is 11.5 Å². The summed E-state index contributed by atoms with van der Waals surface area (Å²) in [5.41, 5.74) is 4.89. The number of ether oxygens (including phenoxy) is 2. The molecular formula is C20H27NO2. The summed E-state index contributed by atoms with van der Waals surface area (Å²) >= 11 is 0. The topological polar surface area (TPSA) is 30.5 Å². The predicted octanol–water partition coefficient (Wildman–Crippen LogP) is 4.96. The first-order valence-corrected chi connectivity index (χ1v) is 8.11. The number of hydrogen-bond acceptors (Lipinski definition) is 3. The van der Waals surface area contributed by atoms with E-state index in [-0.39, 0.29) is 0 Å². The van der Waals surface area contributed by atoms with Gasteiger partial charge < -0.3 is 14.8 Å². The molecule has 0 fully saturated rings. The van der Waals surface area contributed by atoms with Crippen molar-refractivity contribution >= 4 is 5.69 Å². The molecule has 0 saturated heterocycles. The summed E-state index contributed by atoms with van der Waals surface area (Å²) in [5, 5.41) is 3.53. The molecule has 2 aromatic carbocycles. The Labute approximate surface area is 139 Å². The molecule has 23 heavy (non-hydrogen) atoms. The van der Waals surface area contributed by atoms with Crippen LogP contribution in [0.4, 0.5) is 5.69 Å². The van der Waals surface area contributed by atoms with Gasteiger partial charge in [0.15, 0.2) is 11.5 Å². The third-order valence-corrected chi connectivity index (χ3v) is 3.75. The molecule has 0 heterocycles. The summed E-state index contributed by atoms with van der Waals surface area (Å²) in [5.74, 6) is 2.07. The number of aryl methyl sites for hydroxylation is 2. The van der Waals surface area contributed by atoms with E-state index in [1.165, 1.54) is 22.4 Å². The Morgan fingerprint density at radius 3 is 2.30 bits per heavy atom. The monoisotopic (exact) mass is 313 g/mol. The Kier molecular flexibility index (Phi) is 5.91. The van der Waals surface area contributed by atoms with Crippen LogP contribution >= 0.6 is 0 Å². The van der Waals surface area contributed by atoms with E-state index >= 15 is 0 Å². The van der Waals surface area contributed by atoms with E-state index < -0.39 is 0 Å². The fourth-order valence-corrected chi connectivity index (χ4v) is 2.48. The first kappa shape index (κ1) is 17.2. The van der Waals surface area contributed by atoms with Crippen LogP contribution in [0.25, 0.3) is 0 Å². The molecule has 3 heteroatoms. The highest BCUT2D eigenvalue weighted by Crippen LogP contribution is 2.29. The standard InChI is InChI=1S/C20H27NO2/c1-14(2)13-23-19-11-17(9-10-18(19)22-5)12-21-20-15(3)7-6-8-16(20)4/h6-11,14,21H,12-13H2,1-5H3. The molecule has 0 aliphatic carbocycles. The molecule has 0 bridgehead atoms. The van der Waals surface area contributed by atoms with Gasteiger partial charge in [0.05, 0.1) is 13.7 Å². The zero-order valence-electron chi connectivity index (χ0n) is 14.8. The minimum atomic E-state index is 0.483. The van der Waals surface area contributed by atoms with Crippen LogP contribution in [0.15, 0.2) is 36.4 Å². The Morgan fingerprint density at radius 1 is 1.00 bits per heavy atom. The average Bonchev–Trinajstić information content (AvgIpc) is 2.52. The number of benzene rings is 2. The van der Waals surface area contributed by atoms with E-state index in [9.17, 15) is 0 Å². The van der Waals surface area contributed by atoms with Gasteiger partial charge in [-0.05, 0) is 48.6 Å². The van der Waals surface area contributed by atoms with Gasteiger partial charge in [0.2, 0.25) is 0 Å². The number of methoxy groups -OCH3 is 1. The third-order valence-electron chi connectivity index (χ3n) is 3.75. The highest BCUT2D eigenvalue weighted by Gasteiger charge is 2.08. The summed E-state index contributed by atoms with van der Waals surface area (Å²) in [6.07, 6.45) is 0. The molecule has 2 aromatic rings. The van der Waals surface area contributed by atoms with Gasteiger partial charge in [0, 0.05) is 12.2 Å². The fraction of sp³-hybridized carbons (Fsp3) is 0.400. The molecule has 0 saturated carbocycles. The second-order valence-electron chi connectivity index (χ2n) is 6.31. The quantitative estimate of drug-likeness (QED) is 0.783. The molecular weight excluding hydrogens is 286 g/mol. The van der Waals surface area contributed by atoms with Gasteiger partial charge in [-0.1, -0.05) is 38.1 Å². The van der Waals surface area contributed by atoms with E-state index in [1.54, 1.807) is 7.11 Å². The zero-order valence-corrected chi connectivity index (χ0v) is 14.8. The SMILES string of the molecule is COc1ccc(CNc2c(C)cccc2C)cc1OCC(C)C. The molecule has 0 amide bonds. The molecule has 2 rings (SSSR count). The summed E-state index contributed by atoms with van der Waals surface area (Å²) in [6, 6.07) is 12.4. The molecule has 0 atom stereocenters. The molecule has 124 valence electrons. The molecule has 0 spiro atoms. The first-order valence-electron chi connectivity index (χ1n) is 8.11. The lowest BCUT2D eigenvalue weighted by Crippen LogP contribution is -2.07. The zero-order chi connectivity index (χ0) is 16.8. The Morgan fingerprint density at radius 2 is 1.70 bits per heavy atom. The number of rotatable bonds is 7. The van der Waals surface area contributed by atoms with Gasteiger partial charge in [0.25, 0.3) is 0 Å². The molecule has 1 N–H and O–H groups in total. The maximum absolute atomic E-state index is 5.88. The lowest BCUT2D eigenvalue weighted by atomic mass is 10.1. The van der Waals surface area contributed by atoms with Crippen LogP contribution in [-0.4, -0.2) is 13.7 Å². The van der Waals surface area contributed by atoms with Crippen LogP contribution in [0.5, 0.6) is 11.5 Å². The Balaban J connectivity index is 2.12. The van der Waals surface area contributed by atoms with Crippen molar-refractivity contribution in [2.24, 2.45) is 5.92 Å². The average molecular weight is 313 g/mol. The summed E-state index contributed by atoms with van der Waals surface area (Å²) in [7, 11) is 1.67. The van der Waals surface area contributed by atoms with Gasteiger partial charge >= 0.3 is 0 Å². The number of hydrogen-bond donors (Lipinski definition) is 1. The molecule has 3 nitrogen and oxygen atoms in total. The van der Waals surface area contributed by atoms with Crippen molar-refractivity contribution in [3.63, 3.8) is 0 Å². The van der Waals surface area contributed by atoms with Gasteiger partial charge in [-0.25, -0.2) is 0 Å². The van der Waals surface area contributed by atoms with E-state index in [1.807, 2.05) is 6.07 Å². The Hall–Kier alpha value is -2.16. The minimum absolute atomic E-state index is 0.483. The van der Waals surface area contributed by atoms with Crippen molar-refractivity contribution in [2.75, 3.05) is 19.0 Å². The number of nitrogens with one attached hydrogen (secondary N) is 1. The second kappa shape index (κ2) is 7.91. The third kappa shape index (κ3) is 4.65. The fourth-order valence-electron chi connectivity index (χ4n) is 2.48. The molecule has 0 unspecified atom stereocenters. The van der Waals surface area contributed by atoms with Crippen LogP contribution in [0.1, 0.15) is 30.5 Å². The van der Waals surface area contributed by atoms with Gasteiger partial charge in [0.1, 0.15) is 0 Å². The number of anilines is 1. The van der Waals surface area contributed by atoms with Crippen LogP contribution < -0.4 is 14.8 Å². The van der Waals surface area contributed by atoms with Gasteiger partial charge in [-0.3, -0.25) is 0 Å². The minimum Gasteiger partial charge on any atom is -0.493 e. The highest BCUT2D eigenvalue weighted by molar-refractivity contribution is 5.57. The summed E-state index contributed by atoms with van der Waals surface area (Å²) in [4.78, 5) is 0. The maximum atomic E-state index is 5.88. The molecule has 0 aliphatic rings. The molecule has 0 radical (unpaired) electrons. The van der Waals surface area contributed by atoms with Crippen LogP contribution in [0.2, 0.25) is 0 Å². The van der Waals surface area contributed by atoms with Gasteiger partial charge in [-0.15, -0.1) is 0 Å². The van der Waals surface area contributed by atoms with Crippen LogP contribution in [-0.2, 0) is 6.54 Å². The van der Waals surface area contributed by atoms with E-state index in [4.69, 9.17) is 9.47 Å². The Bertz CT molecular complexity index is 630. The summed E-state index contributed by atoms with van der Waals surface area (Å²) < 4.78 is 11.3. The molecule has 0 aliphatic heterocycles. The molecule has 0 aromatic heterocycles. The van der Waals surface area contributed by atoms with Crippen LogP contribution in [0, 0.1) is 19.8 Å². The predicted molar refractivity (Wildman–Crippen MR) is 96.6 cm³/mol. The summed E-state index contributed by atoms with van der Waals surface area (Å²) in [6.45, 7) is 9.97. The maximum Gasteiger partial charge on any atom is 0.161 e. The smallest absolute Gasteiger partial charge is 0.161 e. The van der Waals surface area contributed by atoms with E-state index in [0.717, 1.165) is 18.0 Å². The lowest BCUT2D eigenvalue weighted by molar-refractivity contribution is 0.256. The van der Waals surface area contributed by atoms with Gasteiger partial charge in [-0.2, -0.15) is 0 Å². The highest BCUT2D eigenvalue weighted by atomic mass is 16.5. The second-order valence-corrected chi connectivity index (χ2v) is 6.31. The van der Waals surface area contributed by atoms with Crippen molar-refractivity contribution in [1.82, 2.24) is 0 Å². The van der Waals surface area contributed by atoms with E-state index in [0.29, 0.717) is 12.5 Å². The lowest BCUT2D eigenvalue weighted by Gasteiger charge is -2.16. The largest absolute Gasteiger partial charge is 0.493 e. The first-order chi connectivity index (χ1) is 11.0. The van der Waals surface area contributed by atoms with Crippen molar-refractivity contribution < 1.29 is 9.47 Å². The van der Waals surface area contributed by atoms with E-state index in [2.05, 4.69) is 63.3 Å². The normalized spacial score (nSPS) is 10.7. The van der Waals surface area contributed by atoms with Crippen molar-refractivity contribution in [1.29, 1.82) is 0 Å².